The van der Waals surface area contributed by atoms with E-state index in [0.29, 0.717) is 6.04 Å². The van der Waals surface area contributed by atoms with Gasteiger partial charge in [-0.25, -0.2) is 0 Å². The number of hydrogen-bond acceptors (Lipinski definition) is 2. The molecule has 1 atom stereocenters. The van der Waals surface area contributed by atoms with Gasteiger partial charge in [0.05, 0.1) is 0 Å². The highest BCUT2D eigenvalue weighted by Crippen LogP contribution is 2.38. The molecule has 1 aliphatic heterocycles. The molecule has 2 fully saturated rings. The van der Waals surface area contributed by atoms with E-state index in [4.69, 9.17) is 0 Å². The molecule has 3 nitrogen and oxygen atoms in total. The fraction of sp³-hybridized carbons (Fsp3) is 0.923. The smallest absolute Gasteiger partial charge is 0.323 e. The zero-order valence-corrected chi connectivity index (χ0v) is 10.4. The molecule has 1 N–H and O–H groups in total. The van der Waals surface area contributed by atoms with Crippen molar-refractivity contribution in [1.82, 2.24) is 4.90 Å². The van der Waals surface area contributed by atoms with Crippen molar-refractivity contribution in [3.63, 3.8) is 0 Å². The Morgan fingerprint density at radius 2 is 1.81 bits per heavy atom. The van der Waals surface area contributed by atoms with E-state index < -0.39 is 11.5 Å². The molecule has 0 amide bonds. The minimum Gasteiger partial charge on any atom is -0.480 e. The van der Waals surface area contributed by atoms with Gasteiger partial charge >= 0.3 is 5.97 Å². The zero-order valence-electron chi connectivity index (χ0n) is 10.4. The van der Waals surface area contributed by atoms with Crippen LogP contribution in [0.4, 0.5) is 0 Å². The van der Waals surface area contributed by atoms with E-state index in [2.05, 4.69) is 4.90 Å². The van der Waals surface area contributed by atoms with Crippen LogP contribution in [0.5, 0.6) is 0 Å². The van der Waals surface area contributed by atoms with Gasteiger partial charge in [0, 0.05) is 6.04 Å². The van der Waals surface area contributed by atoms with Crippen LogP contribution in [0.15, 0.2) is 0 Å². The van der Waals surface area contributed by atoms with Crippen molar-refractivity contribution in [2.45, 2.75) is 64.0 Å². The predicted octanol–water partition coefficient (Wildman–Crippen LogP) is 2.50. The molecular weight excluding hydrogens is 202 g/mol. The Kier molecular flexibility index (Phi) is 3.24. The van der Waals surface area contributed by atoms with Crippen LogP contribution < -0.4 is 0 Å². The Balaban J connectivity index is 2.10. The van der Waals surface area contributed by atoms with Crippen LogP contribution in [0.1, 0.15) is 52.4 Å². The highest BCUT2D eigenvalue weighted by atomic mass is 16.4. The fourth-order valence-corrected chi connectivity index (χ4v) is 3.44. The average molecular weight is 225 g/mol. The largest absolute Gasteiger partial charge is 0.480 e. The third kappa shape index (κ3) is 1.97. The molecule has 0 bridgehead atoms. The molecule has 0 spiro atoms. The fourth-order valence-electron chi connectivity index (χ4n) is 3.44. The summed E-state index contributed by atoms with van der Waals surface area (Å²) >= 11 is 0. The van der Waals surface area contributed by atoms with E-state index in [1.165, 1.54) is 32.1 Å². The maximum atomic E-state index is 11.3. The van der Waals surface area contributed by atoms with Crippen LogP contribution in [0.2, 0.25) is 0 Å². The molecule has 1 heterocycles. The lowest BCUT2D eigenvalue weighted by Crippen LogP contribution is -2.53. The third-order valence-electron chi connectivity index (χ3n) is 4.48. The molecule has 16 heavy (non-hydrogen) atoms. The molecule has 1 saturated heterocycles. The number of hydrogen-bond donors (Lipinski definition) is 1. The van der Waals surface area contributed by atoms with Crippen molar-refractivity contribution in [2.75, 3.05) is 6.54 Å². The molecule has 3 heteroatoms. The molecule has 1 saturated carbocycles. The summed E-state index contributed by atoms with van der Waals surface area (Å²) in [4.78, 5) is 13.6. The molecule has 2 aliphatic rings. The number of carbonyl (C=O) groups is 1. The minimum atomic E-state index is -0.691. The van der Waals surface area contributed by atoms with E-state index in [0.717, 1.165) is 18.9 Å². The van der Waals surface area contributed by atoms with Gasteiger partial charge in [-0.15, -0.1) is 0 Å². The van der Waals surface area contributed by atoms with E-state index in [1.54, 1.807) is 0 Å². The Bertz CT molecular complexity index is 269. The first-order chi connectivity index (χ1) is 7.53. The molecule has 1 aliphatic carbocycles. The molecule has 0 aromatic heterocycles. The second-order valence-corrected chi connectivity index (χ2v) is 5.81. The van der Waals surface area contributed by atoms with E-state index in [1.807, 2.05) is 13.8 Å². The predicted molar refractivity (Wildman–Crippen MR) is 63.4 cm³/mol. The summed E-state index contributed by atoms with van der Waals surface area (Å²) in [5.41, 5.74) is -0.691. The summed E-state index contributed by atoms with van der Waals surface area (Å²) in [7, 11) is 0. The summed E-state index contributed by atoms with van der Waals surface area (Å²) < 4.78 is 0. The SMILES string of the molecule is CC(C)(C(=O)O)N1CCCC1C1CCCC1. The zero-order chi connectivity index (χ0) is 11.8. The third-order valence-corrected chi connectivity index (χ3v) is 4.48. The van der Waals surface area contributed by atoms with Gasteiger partial charge < -0.3 is 5.11 Å². The van der Waals surface area contributed by atoms with Gasteiger partial charge in [-0.05, 0) is 52.0 Å². The first-order valence-electron chi connectivity index (χ1n) is 6.53. The Morgan fingerprint density at radius 3 is 2.38 bits per heavy atom. The van der Waals surface area contributed by atoms with Gasteiger partial charge in [0.1, 0.15) is 5.54 Å². The Hall–Kier alpha value is -0.570. The first-order valence-corrected chi connectivity index (χ1v) is 6.53. The lowest BCUT2D eigenvalue weighted by molar-refractivity contribution is -0.150. The topological polar surface area (TPSA) is 40.5 Å². The van der Waals surface area contributed by atoms with Gasteiger partial charge in [-0.1, -0.05) is 12.8 Å². The summed E-state index contributed by atoms with van der Waals surface area (Å²) in [5, 5.41) is 9.32. The van der Waals surface area contributed by atoms with Crippen LogP contribution in [-0.4, -0.2) is 34.1 Å². The van der Waals surface area contributed by atoms with Crippen molar-refractivity contribution < 1.29 is 9.90 Å². The second-order valence-electron chi connectivity index (χ2n) is 5.81. The lowest BCUT2D eigenvalue weighted by Gasteiger charge is -2.39. The molecule has 92 valence electrons. The molecule has 1 unspecified atom stereocenters. The summed E-state index contributed by atoms with van der Waals surface area (Å²) in [6.07, 6.45) is 7.64. The molecule has 0 aromatic rings. The van der Waals surface area contributed by atoms with Crippen LogP contribution in [0.3, 0.4) is 0 Å². The van der Waals surface area contributed by atoms with Crippen molar-refractivity contribution in [3.05, 3.63) is 0 Å². The van der Waals surface area contributed by atoms with E-state index in [-0.39, 0.29) is 0 Å². The number of carboxylic acids is 1. The van der Waals surface area contributed by atoms with Crippen molar-refractivity contribution in [1.29, 1.82) is 0 Å². The van der Waals surface area contributed by atoms with E-state index >= 15 is 0 Å². The van der Waals surface area contributed by atoms with E-state index in [9.17, 15) is 9.90 Å². The standard InChI is InChI=1S/C13H23NO2/c1-13(2,12(15)16)14-9-5-8-11(14)10-6-3-4-7-10/h10-11H,3-9H2,1-2H3,(H,15,16). The Labute approximate surface area is 97.8 Å². The Morgan fingerprint density at radius 1 is 1.19 bits per heavy atom. The highest BCUT2D eigenvalue weighted by molar-refractivity contribution is 5.77. The number of likely N-dealkylation sites (tertiary alicyclic amines) is 1. The molecule has 0 aromatic carbocycles. The highest BCUT2D eigenvalue weighted by Gasteiger charge is 2.44. The van der Waals surface area contributed by atoms with Crippen molar-refractivity contribution >= 4 is 5.97 Å². The van der Waals surface area contributed by atoms with Gasteiger partial charge in [-0.2, -0.15) is 0 Å². The minimum absolute atomic E-state index is 0.522. The normalized spacial score (nSPS) is 28.8. The first kappa shape index (κ1) is 11.9. The number of aliphatic carboxylic acids is 1. The molecule has 2 rings (SSSR count). The van der Waals surface area contributed by atoms with Crippen LogP contribution in [0.25, 0.3) is 0 Å². The number of rotatable bonds is 3. The summed E-state index contributed by atoms with van der Waals surface area (Å²) in [5.74, 6) is 0.0681. The quantitative estimate of drug-likeness (QED) is 0.802. The molecular formula is C13H23NO2. The summed E-state index contributed by atoms with van der Waals surface area (Å²) in [6, 6.07) is 0.522. The average Bonchev–Trinajstić information content (AvgIpc) is 2.88. The van der Waals surface area contributed by atoms with Crippen molar-refractivity contribution in [2.24, 2.45) is 5.92 Å². The van der Waals surface area contributed by atoms with Crippen molar-refractivity contribution in [3.8, 4) is 0 Å². The monoisotopic (exact) mass is 225 g/mol. The molecule has 0 radical (unpaired) electrons. The van der Waals surface area contributed by atoms with Crippen LogP contribution >= 0.6 is 0 Å². The summed E-state index contributed by atoms with van der Waals surface area (Å²) in [6.45, 7) is 4.66. The number of carboxylic acid groups (broad SMARTS) is 1. The maximum absolute atomic E-state index is 11.3. The lowest BCUT2D eigenvalue weighted by atomic mass is 9.92. The van der Waals surface area contributed by atoms with Crippen LogP contribution in [-0.2, 0) is 4.79 Å². The van der Waals surface area contributed by atoms with Gasteiger partial charge in [-0.3, -0.25) is 9.69 Å². The van der Waals surface area contributed by atoms with Gasteiger partial charge in [0.2, 0.25) is 0 Å². The second kappa shape index (κ2) is 4.36. The van der Waals surface area contributed by atoms with Gasteiger partial charge in [0.15, 0.2) is 0 Å². The number of nitrogens with zero attached hydrogens (tertiary/aromatic N) is 1. The van der Waals surface area contributed by atoms with Gasteiger partial charge in [0.25, 0.3) is 0 Å². The maximum Gasteiger partial charge on any atom is 0.323 e. The van der Waals surface area contributed by atoms with Crippen LogP contribution in [0, 0.1) is 5.92 Å².